The number of nitrogens with zero attached hydrogens (tertiary/aromatic N) is 3. The number of aromatic amines is 1. The summed E-state index contributed by atoms with van der Waals surface area (Å²) in [5, 5.41) is 0.699. The van der Waals surface area contributed by atoms with Gasteiger partial charge in [-0.05, 0) is 79.9 Å². The third-order valence-corrected chi connectivity index (χ3v) is 6.40. The fourth-order valence-electron chi connectivity index (χ4n) is 4.46. The van der Waals surface area contributed by atoms with Crippen LogP contribution in [0.1, 0.15) is 43.5 Å². The standard InChI is InChI=1S/C28H31ClN4O.ClH/c1-19(2)18-34-27-11-9-22(29)15-21(27)16-23-6-5-7-25(30-23)28-31-24-10-8-20(14-26(24)32-28)17-33-12-3-4-13-33;/h5-11,14-15,19H,3-4,12-13,16-18H2,1-2H3,(H,31,32);1H. The summed E-state index contributed by atoms with van der Waals surface area (Å²) in [5.41, 5.74) is 6.15. The van der Waals surface area contributed by atoms with Crippen LogP contribution in [0.3, 0.4) is 0 Å². The Labute approximate surface area is 218 Å². The smallest absolute Gasteiger partial charge is 0.157 e. The number of imidazole rings is 1. The first kappa shape index (κ1) is 25.5. The molecule has 0 saturated carbocycles. The average Bonchev–Trinajstić information content (AvgIpc) is 3.48. The van der Waals surface area contributed by atoms with Gasteiger partial charge in [0.25, 0.3) is 0 Å². The second-order valence-corrected chi connectivity index (χ2v) is 10.0. The first-order valence-corrected chi connectivity index (χ1v) is 12.5. The van der Waals surface area contributed by atoms with E-state index in [0.29, 0.717) is 24.0 Å². The van der Waals surface area contributed by atoms with E-state index in [2.05, 4.69) is 41.9 Å². The zero-order chi connectivity index (χ0) is 23.5. The number of rotatable bonds is 8. The van der Waals surface area contributed by atoms with Crippen LogP contribution in [-0.2, 0) is 13.0 Å². The molecule has 7 heteroatoms. The molecule has 1 N–H and O–H groups in total. The summed E-state index contributed by atoms with van der Waals surface area (Å²) in [6, 6.07) is 18.4. The first-order valence-electron chi connectivity index (χ1n) is 12.1. The van der Waals surface area contributed by atoms with E-state index in [-0.39, 0.29) is 12.4 Å². The van der Waals surface area contributed by atoms with Crippen molar-refractivity contribution < 1.29 is 4.74 Å². The summed E-state index contributed by atoms with van der Waals surface area (Å²) in [6.45, 7) is 8.33. The number of likely N-dealkylation sites (tertiary alicyclic amines) is 1. The number of pyridine rings is 1. The van der Waals surface area contributed by atoms with Crippen LogP contribution in [0.4, 0.5) is 0 Å². The second kappa shape index (κ2) is 11.4. The SMILES string of the molecule is CC(C)COc1ccc(Cl)cc1Cc1cccc(-c2nc3cc(CN4CCCC4)ccc3[nH]2)n1.Cl. The molecule has 2 aromatic heterocycles. The number of aromatic nitrogens is 3. The molecule has 3 heterocycles. The van der Waals surface area contributed by atoms with Gasteiger partial charge in [0.05, 0.1) is 17.6 Å². The number of benzene rings is 2. The molecule has 1 fully saturated rings. The Bertz CT molecular complexity index is 1280. The molecule has 1 saturated heterocycles. The van der Waals surface area contributed by atoms with Crippen LogP contribution < -0.4 is 4.74 Å². The Morgan fingerprint density at radius 3 is 2.66 bits per heavy atom. The number of nitrogens with one attached hydrogen (secondary N) is 1. The number of hydrogen-bond donors (Lipinski definition) is 1. The minimum Gasteiger partial charge on any atom is -0.493 e. The van der Waals surface area contributed by atoms with E-state index in [9.17, 15) is 0 Å². The summed E-state index contributed by atoms with van der Waals surface area (Å²) < 4.78 is 6.03. The Morgan fingerprint density at radius 2 is 1.86 bits per heavy atom. The molecular formula is C28H32Cl2N4O. The number of fused-ring (bicyclic) bond motifs is 1. The van der Waals surface area contributed by atoms with Crippen molar-refractivity contribution in [2.24, 2.45) is 5.92 Å². The summed E-state index contributed by atoms with van der Waals surface area (Å²) >= 11 is 6.29. The molecule has 0 radical (unpaired) electrons. The molecule has 5 nitrogen and oxygen atoms in total. The second-order valence-electron chi connectivity index (χ2n) is 9.57. The fourth-order valence-corrected chi connectivity index (χ4v) is 4.65. The predicted molar refractivity (Wildman–Crippen MR) is 146 cm³/mol. The number of H-pyrrole nitrogens is 1. The van der Waals surface area contributed by atoms with E-state index in [1.165, 1.54) is 31.5 Å². The Balaban J connectivity index is 0.00000289. The maximum absolute atomic E-state index is 6.29. The first-order chi connectivity index (χ1) is 16.5. The minimum absolute atomic E-state index is 0. The maximum atomic E-state index is 6.29. The van der Waals surface area contributed by atoms with Crippen LogP contribution in [0.5, 0.6) is 5.75 Å². The van der Waals surface area contributed by atoms with Gasteiger partial charge in [0, 0.05) is 29.2 Å². The van der Waals surface area contributed by atoms with Crippen LogP contribution in [0.25, 0.3) is 22.6 Å². The quantitative estimate of drug-likeness (QED) is 0.279. The third-order valence-electron chi connectivity index (χ3n) is 6.17. The van der Waals surface area contributed by atoms with E-state index >= 15 is 0 Å². The van der Waals surface area contributed by atoms with Gasteiger partial charge in [0.15, 0.2) is 5.82 Å². The molecule has 0 amide bonds. The minimum atomic E-state index is 0. The van der Waals surface area contributed by atoms with Gasteiger partial charge in [-0.1, -0.05) is 37.6 Å². The fraction of sp³-hybridized carbons (Fsp3) is 0.357. The molecule has 5 rings (SSSR count). The number of hydrogen-bond acceptors (Lipinski definition) is 4. The van der Waals surface area contributed by atoms with E-state index < -0.39 is 0 Å². The monoisotopic (exact) mass is 510 g/mol. The molecule has 4 aromatic rings. The molecule has 0 bridgehead atoms. The largest absolute Gasteiger partial charge is 0.493 e. The van der Waals surface area contributed by atoms with Gasteiger partial charge in [0.1, 0.15) is 11.4 Å². The topological polar surface area (TPSA) is 54.0 Å². The maximum Gasteiger partial charge on any atom is 0.157 e. The highest BCUT2D eigenvalue weighted by Crippen LogP contribution is 2.27. The molecule has 0 unspecified atom stereocenters. The van der Waals surface area contributed by atoms with Crippen molar-refractivity contribution in [2.45, 2.75) is 39.7 Å². The molecule has 1 aliphatic rings. The summed E-state index contributed by atoms with van der Waals surface area (Å²) in [6.07, 6.45) is 3.25. The highest BCUT2D eigenvalue weighted by atomic mass is 35.5. The van der Waals surface area contributed by atoms with Gasteiger partial charge in [0.2, 0.25) is 0 Å². The summed E-state index contributed by atoms with van der Waals surface area (Å²) in [7, 11) is 0. The average molecular weight is 511 g/mol. The van der Waals surface area contributed by atoms with Gasteiger partial charge >= 0.3 is 0 Å². The van der Waals surface area contributed by atoms with Crippen LogP contribution >= 0.6 is 24.0 Å². The highest BCUT2D eigenvalue weighted by Gasteiger charge is 2.14. The van der Waals surface area contributed by atoms with Crippen molar-refractivity contribution in [3.8, 4) is 17.3 Å². The van der Waals surface area contributed by atoms with Gasteiger partial charge in [-0.15, -0.1) is 12.4 Å². The number of halogens is 2. The summed E-state index contributed by atoms with van der Waals surface area (Å²) in [4.78, 5) is 15.7. The molecule has 0 aliphatic carbocycles. The van der Waals surface area contributed by atoms with Gasteiger partial charge in [-0.2, -0.15) is 0 Å². The van der Waals surface area contributed by atoms with E-state index in [1.807, 2.05) is 36.4 Å². The Morgan fingerprint density at radius 1 is 1.03 bits per heavy atom. The lowest BCUT2D eigenvalue weighted by molar-refractivity contribution is 0.269. The van der Waals surface area contributed by atoms with Crippen molar-refractivity contribution in [3.63, 3.8) is 0 Å². The highest BCUT2D eigenvalue weighted by molar-refractivity contribution is 6.30. The van der Waals surface area contributed by atoms with Crippen LogP contribution in [0.2, 0.25) is 5.02 Å². The Hall–Kier alpha value is -2.60. The molecular weight excluding hydrogens is 479 g/mol. The van der Waals surface area contributed by atoms with E-state index in [1.54, 1.807) is 0 Å². The predicted octanol–water partition coefficient (Wildman–Crippen LogP) is 6.92. The molecule has 2 aromatic carbocycles. The van der Waals surface area contributed by atoms with E-state index in [0.717, 1.165) is 46.1 Å². The zero-order valence-corrected chi connectivity index (χ0v) is 21.8. The molecule has 0 spiro atoms. The van der Waals surface area contributed by atoms with E-state index in [4.69, 9.17) is 26.3 Å². The lowest BCUT2D eigenvalue weighted by Crippen LogP contribution is -2.18. The van der Waals surface area contributed by atoms with Crippen LogP contribution in [0, 0.1) is 5.92 Å². The third kappa shape index (κ3) is 6.35. The van der Waals surface area contributed by atoms with Crippen molar-refractivity contribution in [2.75, 3.05) is 19.7 Å². The van der Waals surface area contributed by atoms with Gasteiger partial charge < -0.3 is 9.72 Å². The van der Waals surface area contributed by atoms with Crippen molar-refractivity contribution in [1.82, 2.24) is 19.9 Å². The zero-order valence-electron chi connectivity index (χ0n) is 20.3. The molecule has 0 atom stereocenters. The van der Waals surface area contributed by atoms with Crippen molar-refractivity contribution >= 4 is 35.0 Å². The van der Waals surface area contributed by atoms with Gasteiger partial charge in [-0.3, -0.25) is 4.90 Å². The summed E-state index contributed by atoms with van der Waals surface area (Å²) in [5.74, 6) is 2.10. The van der Waals surface area contributed by atoms with Crippen molar-refractivity contribution in [1.29, 1.82) is 0 Å². The van der Waals surface area contributed by atoms with Gasteiger partial charge in [-0.25, -0.2) is 9.97 Å². The molecule has 184 valence electrons. The Kier molecular flexibility index (Phi) is 8.32. The number of ether oxygens (including phenoxy) is 1. The van der Waals surface area contributed by atoms with Crippen molar-refractivity contribution in [3.05, 3.63) is 76.4 Å². The van der Waals surface area contributed by atoms with Crippen LogP contribution in [-0.4, -0.2) is 39.5 Å². The lowest BCUT2D eigenvalue weighted by atomic mass is 10.1. The lowest BCUT2D eigenvalue weighted by Gasteiger charge is -2.14. The molecule has 35 heavy (non-hydrogen) atoms. The normalized spacial score (nSPS) is 13.9. The molecule has 1 aliphatic heterocycles. The van der Waals surface area contributed by atoms with Crippen LogP contribution in [0.15, 0.2) is 54.6 Å².